The minimum atomic E-state index is -4.56. The van der Waals surface area contributed by atoms with E-state index in [-0.39, 0.29) is 29.0 Å². The number of benzene rings is 1. The fraction of sp³-hybridized carbons (Fsp3) is 0.522. The van der Waals surface area contributed by atoms with Crippen molar-refractivity contribution in [3.63, 3.8) is 0 Å². The Bertz CT molecular complexity index is 1050. The van der Waals surface area contributed by atoms with Gasteiger partial charge in [0.05, 0.1) is 36.6 Å². The Morgan fingerprint density at radius 3 is 2.50 bits per heavy atom. The number of carbonyl (C=O) groups is 1. The third-order valence-electron chi connectivity index (χ3n) is 5.80. The molecule has 1 aromatic heterocycles. The second-order valence-electron chi connectivity index (χ2n) is 9.52. The Morgan fingerprint density at radius 1 is 1.18 bits per heavy atom. The van der Waals surface area contributed by atoms with Gasteiger partial charge in [-0.2, -0.15) is 13.2 Å². The van der Waals surface area contributed by atoms with E-state index in [1.54, 1.807) is 17.0 Å². The average molecular weight is 480 g/mol. The molecule has 1 amide bonds. The predicted molar refractivity (Wildman–Crippen MR) is 118 cm³/mol. The first-order chi connectivity index (χ1) is 15.8. The number of aromatic nitrogens is 2. The predicted octanol–water partition coefficient (Wildman–Crippen LogP) is 4.00. The number of aryl methyl sites for hydroxylation is 1. The molecule has 0 bridgehead atoms. The van der Waals surface area contributed by atoms with Crippen LogP contribution in [0.3, 0.4) is 0 Å². The van der Waals surface area contributed by atoms with Crippen molar-refractivity contribution in [1.29, 1.82) is 0 Å². The zero-order valence-corrected chi connectivity index (χ0v) is 19.4. The van der Waals surface area contributed by atoms with Gasteiger partial charge in [0, 0.05) is 18.7 Å². The van der Waals surface area contributed by atoms with Crippen molar-refractivity contribution in [3.8, 4) is 17.0 Å². The van der Waals surface area contributed by atoms with E-state index in [0.29, 0.717) is 38.1 Å². The zero-order chi connectivity index (χ0) is 24.8. The molecule has 2 atom stereocenters. The van der Waals surface area contributed by atoms with Gasteiger partial charge in [0.25, 0.3) is 0 Å². The molecule has 2 saturated heterocycles. The summed E-state index contributed by atoms with van der Waals surface area (Å²) < 4.78 is 50.4. The molecule has 0 aliphatic carbocycles. The van der Waals surface area contributed by atoms with Crippen LogP contribution in [0.1, 0.15) is 31.9 Å². The number of fused-ring (bicyclic) bond motifs is 1. The molecule has 184 valence electrons. The first kappa shape index (κ1) is 24.1. The van der Waals surface area contributed by atoms with Gasteiger partial charge < -0.3 is 24.4 Å². The first-order valence-corrected chi connectivity index (χ1v) is 10.9. The summed E-state index contributed by atoms with van der Waals surface area (Å²) in [6.07, 6.45) is -5.17. The number of hydrogen-bond donors (Lipinski definition) is 1. The minimum Gasteiger partial charge on any atom is -0.507 e. The highest BCUT2D eigenvalue weighted by Crippen LogP contribution is 2.38. The van der Waals surface area contributed by atoms with Crippen LogP contribution in [0.25, 0.3) is 11.3 Å². The molecule has 2 aliphatic rings. The Labute approximate surface area is 195 Å². The van der Waals surface area contributed by atoms with Crippen molar-refractivity contribution < 1.29 is 32.5 Å². The molecule has 0 spiro atoms. The van der Waals surface area contributed by atoms with Crippen molar-refractivity contribution in [2.75, 3.05) is 31.1 Å². The summed E-state index contributed by atoms with van der Waals surface area (Å²) in [7, 11) is 0. The largest absolute Gasteiger partial charge is 0.507 e. The second-order valence-corrected chi connectivity index (χ2v) is 9.52. The van der Waals surface area contributed by atoms with Crippen LogP contribution >= 0.6 is 0 Å². The number of nitrogens with zero attached hydrogens (tertiary/aromatic N) is 4. The monoisotopic (exact) mass is 480 g/mol. The van der Waals surface area contributed by atoms with Crippen molar-refractivity contribution in [3.05, 3.63) is 35.4 Å². The molecule has 1 aromatic carbocycles. The van der Waals surface area contributed by atoms with E-state index < -0.39 is 29.2 Å². The van der Waals surface area contributed by atoms with E-state index in [0.717, 1.165) is 6.07 Å². The molecule has 8 nitrogen and oxygen atoms in total. The van der Waals surface area contributed by atoms with Crippen LogP contribution in [0.5, 0.6) is 5.75 Å². The molecule has 3 heterocycles. The highest BCUT2D eigenvalue weighted by atomic mass is 19.4. The van der Waals surface area contributed by atoms with Gasteiger partial charge >= 0.3 is 12.3 Å². The number of amides is 1. The Balaban J connectivity index is 1.54. The van der Waals surface area contributed by atoms with E-state index in [4.69, 9.17) is 9.47 Å². The van der Waals surface area contributed by atoms with Gasteiger partial charge in [-0.3, -0.25) is 0 Å². The standard InChI is InChI=1S/C23H27F3N4O4/c1-13-9-14(23(24,25)26)10-17(31)20(13)15-5-6-19(28-27-15)30-7-8-33-18-12-29(11-16(18)30)21(32)34-22(2,3)4/h5-6,9-10,16,18,31H,7-8,11-12H2,1-4H3. The molecule has 0 radical (unpaired) electrons. The van der Waals surface area contributed by atoms with Gasteiger partial charge in [-0.05, 0) is 57.5 Å². The van der Waals surface area contributed by atoms with Crippen LogP contribution in [0, 0.1) is 6.92 Å². The van der Waals surface area contributed by atoms with Gasteiger partial charge in [-0.25, -0.2) is 4.79 Å². The van der Waals surface area contributed by atoms with E-state index >= 15 is 0 Å². The van der Waals surface area contributed by atoms with E-state index in [1.807, 2.05) is 25.7 Å². The van der Waals surface area contributed by atoms with Gasteiger partial charge in [0.2, 0.25) is 0 Å². The molecule has 2 aliphatic heterocycles. The quantitative estimate of drug-likeness (QED) is 0.695. The molecular formula is C23H27F3N4O4. The summed E-state index contributed by atoms with van der Waals surface area (Å²) in [5, 5.41) is 18.7. The van der Waals surface area contributed by atoms with E-state index in [1.165, 1.54) is 6.92 Å². The fourth-order valence-corrected chi connectivity index (χ4v) is 4.33. The zero-order valence-electron chi connectivity index (χ0n) is 19.4. The molecule has 11 heteroatoms. The lowest BCUT2D eigenvalue weighted by atomic mass is 10.0. The summed E-state index contributed by atoms with van der Waals surface area (Å²) in [4.78, 5) is 16.1. The van der Waals surface area contributed by atoms with Crippen LogP contribution in [-0.4, -0.2) is 70.3 Å². The maximum Gasteiger partial charge on any atom is 0.416 e. The van der Waals surface area contributed by atoms with Crippen molar-refractivity contribution >= 4 is 11.9 Å². The number of likely N-dealkylation sites (tertiary alicyclic amines) is 1. The number of ether oxygens (including phenoxy) is 2. The van der Waals surface area contributed by atoms with Crippen LogP contribution in [0.15, 0.2) is 24.3 Å². The normalized spacial score (nSPS) is 20.9. The second kappa shape index (κ2) is 8.61. The summed E-state index contributed by atoms with van der Waals surface area (Å²) in [5.74, 6) is 0.0433. The molecule has 1 N–H and O–H groups in total. The molecule has 34 heavy (non-hydrogen) atoms. The van der Waals surface area contributed by atoms with Gasteiger partial charge in [-0.15, -0.1) is 10.2 Å². The van der Waals surface area contributed by atoms with Gasteiger partial charge in [-0.1, -0.05) is 0 Å². The third-order valence-corrected chi connectivity index (χ3v) is 5.80. The lowest BCUT2D eigenvalue weighted by Crippen LogP contribution is -2.51. The van der Waals surface area contributed by atoms with Crippen molar-refractivity contribution in [2.24, 2.45) is 0 Å². The Hall–Kier alpha value is -3.08. The Kier molecular flexibility index (Phi) is 6.09. The van der Waals surface area contributed by atoms with Crippen LogP contribution < -0.4 is 4.90 Å². The average Bonchev–Trinajstić information content (AvgIpc) is 3.17. The molecule has 0 saturated carbocycles. The SMILES string of the molecule is Cc1cc(C(F)(F)F)cc(O)c1-c1ccc(N2CCOC3CN(C(=O)OC(C)(C)C)CC32)nn1. The number of hydrogen-bond acceptors (Lipinski definition) is 7. The first-order valence-electron chi connectivity index (χ1n) is 10.9. The number of phenolic OH excluding ortho intramolecular Hbond substituents is 1. The lowest BCUT2D eigenvalue weighted by Gasteiger charge is -2.37. The molecular weight excluding hydrogens is 453 g/mol. The molecule has 4 rings (SSSR count). The lowest BCUT2D eigenvalue weighted by molar-refractivity contribution is -0.137. The smallest absolute Gasteiger partial charge is 0.416 e. The molecule has 2 fully saturated rings. The third kappa shape index (κ3) is 4.89. The van der Waals surface area contributed by atoms with Crippen molar-refractivity contribution in [2.45, 2.75) is 51.6 Å². The topological polar surface area (TPSA) is 88.0 Å². The van der Waals surface area contributed by atoms with E-state index in [2.05, 4.69) is 10.2 Å². The summed E-state index contributed by atoms with van der Waals surface area (Å²) in [6.45, 7) is 8.71. The van der Waals surface area contributed by atoms with Crippen LogP contribution in [0.4, 0.5) is 23.8 Å². The highest BCUT2D eigenvalue weighted by Gasteiger charge is 2.43. The maximum atomic E-state index is 13.0. The number of halogens is 3. The summed E-state index contributed by atoms with van der Waals surface area (Å²) in [6, 6.07) is 4.85. The minimum absolute atomic E-state index is 0.136. The van der Waals surface area contributed by atoms with Crippen LogP contribution in [-0.2, 0) is 15.7 Å². The summed E-state index contributed by atoms with van der Waals surface area (Å²) >= 11 is 0. The number of aromatic hydroxyl groups is 1. The number of alkyl halides is 3. The maximum absolute atomic E-state index is 13.0. The fourth-order valence-electron chi connectivity index (χ4n) is 4.33. The number of carbonyl (C=O) groups excluding carboxylic acids is 1. The van der Waals surface area contributed by atoms with Crippen LogP contribution in [0.2, 0.25) is 0 Å². The molecule has 2 aromatic rings. The number of phenols is 1. The number of rotatable bonds is 2. The number of anilines is 1. The number of morpholine rings is 1. The van der Waals surface area contributed by atoms with Gasteiger partial charge in [0.1, 0.15) is 11.4 Å². The molecule has 2 unspecified atom stereocenters. The van der Waals surface area contributed by atoms with Crippen molar-refractivity contribution in [1.82, 2.24) is 15.1 Å². The Morgan fingerprint density at radius 2 is 1.91 bits per heavy atom. The summed E-state index contributed by atoms with van der Waals surface area (Å²) in [5.41, 5.74) is -0.826. The van der Waals surface area contributed by atoms with E-state index in [9.17, 15) is 23.1 Å². The van der Waals surface area contributed by atoms with Gasteiger partial charge in [0.15, 0.2) is 5.82 Å². The highest BCUT2D eigenvalue weighted by molar-refractivity contribution is 5.72.